The zero-order chi connectivity index (χ0) is 20.2. The van der Waals surface area contributed by atoms with Crippen LogP contribution in [0.3, 0.4) is 0 Å². The molecule has 150 valence electrons. The van der Waals surface area contributed by atoms with Gasteiger partial charge in [-0.15, -0.1) is 0 Å². The molecule has 0 atom stereocenters. The van der Waals surface area contributed by atoms with Gasteiger partial charge < -0.3 is 20.3 Å². The van der Waals surface area contributed by atoms with Gasteiger partial charge in [0.15, 0.2) is 0 Å². The Morgan fingerprint density at radius 2 is 1.48 bits per heavy atom. The predicted molar refractivity (Wildman–Crippen MR) is 119 cm³/mol. The summed E-state index contributed by atoms with van der Waals surface area (Å²) in [6.45, 7) is 9.40. The van der Waals surface area contributed by atoms with Crippen molar-refractivity contribution in [1.29, 1.82) is 0 Å². The normalized spacial score (nSPS) is 14.0. The molecule has 4 rings (SSSR count). The van der Waals surface area contributed by atoms with Crippen LogP contribution in [0.25, 0.3) is 0 Å². The van der Waals surface area contributed by atoms with E-state index < -0.39 is 0 Å². The van der Waals surface area contributed by atoms with Gasteiger partial charge in [-0.2, -0.15) is 0 Å². The van der Waals surface area contributed by atoms with Crippen molar-refractivity contribution in [3.05, 3.63) is 65.5 Å². The molecule has 3 aromatic rings. The fourth-order valence-electron chi connectivity index (χ4n) is 3.63. The molecule has 0 unspecified atom stereocenters. The molecule has 2 N–H and O–H groups in total. The van der Waals surface area contributed by atoms with Crippen molar-refractivity contribution < 1.29 is 4.74 Å². The van der Waals surface area contributed by atoms with Crippen molar-refractivity contribution in [2.75, 3.05) is 41.8 Å². The lowest BCUT2D eigenvalue weighted by Crippen LogP contribution is -2.36. The Hall–Kier alpha value is -3.12. The van der Waals surface area contributed by atoms with Crippen molar-refractivity contribution in [2.24, 2.45) is 0 Å². The lowest BCUT2D eigenvalue weighted by Gasteiger charge is -2.30. The van der Waals surface area contributed by atoms with Crippen molar-refractivity contribution in [3.8, 4) is 0 Å². The summed E-state index contributed by atoms with van der Waals surface area (Å²) in [6.07, 6.45) is 0. The Morgan fingerprint density at radius 1 is 0.828 bits per heavy atom. The first-order valence-corrected chi connectivity index (χ1v) is 9.98. The van der Waals surface area contributed by atoms with Gasteiger partial charge in [0, 0.05) is 24.8 Å². The first-order valence-electron chi connectivity index (χ1n) is 9.98. The number of rotatable bonds is 5. The Kier molecular flexibility index (Phi) is 5.62. The molecule has 29 heavy (non-hydrogen) atoms. The Balaban J connectivity index is 1.61. The largest absolute Gasteiger partial charge is 0.378 e. The first-order chi connectivity index (χ1) is 14.1. The van der Waals surface area contributed by atoms with E-state index in [0.29, 0.717) is 5.82 Å². The van der Waals surface area contributed by atoms with E-state index in [1.54, 1.807) is 0 Å². The molecule has 1 saturated heterocycles. The number of morpholine rings is 1. The minimum atomic E-state index is 0.715. The molecule has 0 radical (unpaired) electrons. The van der Waals surface area contributed by atoms with E-state index >= 15 is 0 Å². The average molecular weight is 390 g/mol. The molecule has 6 heteroatoms. The number of para-hydroxylation sites is 3. The highest BCUT2D eigenvalue weighted by Crippen LogP contribution is 2.30. The molecule has 2 heterocycles. The molecular weight excluding hydrogens is 362 g/mol. The van der Waals surface area contributed by atoms with Crippen LogP contribution in [0.1, 0.15) is 17.0 Å². The number of nitrogens with one attached hydrogen (secondary N) is 2. The summed E-state index contributed by atoms with van der Waals surface area (Å²) in [5.41, 5.74) is 5.66. The molecular formula is C23H27N5O. The number of anilines is 5. The van der Waals surface area contributed by atoms with E-state index in [1.807, 2.05) is 19.1 Å². The van der Waals surface area contributed by atoms with Gasteiger partial charge in [-0.1, -0.05) is 30.3 Å². The molecule has 0 bridgehead atoms. The van der Waals surface area contributed by atoms with Crippen LogP contribution in [-0.2, 0) is 4.74 Å². The Labute approximate surface area is 172 Å². The molecule has 1 aromatic heterocycles. The highest BCUT2D eigenvalue weighted by Gasteiger charge is 2.15. The standard InChI is InChI=1S/C23H27N5O/c1-16-7-6-8-17(2)23(16)27-22-15-21(24-18(3)25-22)26-19-9-4-5-10-20(19)28-11-13-29-14-12-28/h4-10,15H,11-14H2,1-3H3,(H2,24,25,26,27). The average Bonchev–Trinajstić information content (AvgIpc) is 2.72. The zero-order valence-corrected chi connectivity index (χ0v) is 17.2. The second kappa shape index (κ2) is 8.49. The Morgan fingerprint density at radius 3 is 2.21 bits per heavy atom. The van der Waals surface area contributed by atoms with E-state index in [1.165, 1.54) is 11.1 Å². The summed E-state index contributed by atoms with van der Waals surface area (Å²) in [7, 11) is 0. The highest BCUT2D eigenvalue weighted by atomic mass is 16.5. The molecule has 1 aliphatic heterocycles. The molecule has 1 aliphatic rings. The van der Waals surface area contributed by atoms with Gasteiger partial charge in [0.2, 0.25) is 0 Å². The summed E-state index contributed by atoms with van der Waals surface area (Å²) in [4.78, 5) is 11.5. The van der Waals surface area contributed by atoms with Crippen LogP contribution in [0.4, 0.5) is 28.7 Å². The topological polar surface area (TPSA) is 62.3 Å². The maximum Gasteiger partial charge on any atom is 0.136 e. The summed E-state index contributed by atoms with van der Waals surface area (Å²) < 4.78 is 5.50. The van der Waals surface area contributed by atoms with Crippen LogP contribution in [0.2, 0.25) is 0 Å². The van der Waals surface area contributed by atoms with Crippen LogP contribution in [0.15, 0.2) is 48.5 Å². The van der Waals surface area contributed by atoms with Gasteiger partial charge in [-0.3, -0.25) is 0 Å². The molecule has 0 saturated carbocycles. The summed E-state index contributed by atoms with van der Waals surface area (Å²) in [6, 6.07) is 16.5. The van der Waals surface area contributed by atoms with Gasteiger partial charge in [0.25, 0.3) is 0 Å². The molecule has 1 fully saturated rings. The lowest BCUT2D eigenvalue weighted by molar-refractivity contribution is 0.123. The van der Waals surface area contributed by atoms with Crippen LogP contribution in [0, 0.1) is 20.8 Å². The van der Waals surface area contributed by atoms with Crippen LogP contribution in [0.5, 0.6) is 0 Å². The van der Waals surface area contributed by atoms with Gasteiger partial charge in [0.05, 0.1) is 24.6 Å². The third-order valence-corrected chi connectivity index (χ3v) is 5.09. The SMILES string of the molecule is Cc1nc(Nc2ccccc2N2CCOCC2)cc(Nc2c(C)cccc2C)n1. The maximum absolute atomic E-state index is 5.50. The summed E-state index contributed by atoms with van der Waals surface area (Å²) in [5, 5.41) is 6.96. The van der Waals surface area contributed by atoms with Crippen LogP contribution < -0.4 is 15.5 Å². The van der Waals surface area contributed by atoms with Crippen molar-refractivity contribution in [1.82, 2.24) is 9.97 Å². The van der Waals surface area contributed by atoms with E-state index in [-0.39, 0.29) is 0 Å². The number of benzene rings is 2. The number of aryl methyl sites for hydroxylation is 3. The number of hydrogen-bond donors (Lipinski definition) is 2. The highest BCUT2D eigenvalue weighted by molar-refractivity contribution is 5.75. The number of hydrogen-bond acceptors (Lipinski definition) is 6. The first kappa shape index (κ1) is 19.2. The Bertz CT molecular complexity index is 978. The fourth-order valence-corrected chi connectivity index (χ4v) is 3.63. The van der Waals surface area contributed by atoms with Gasteiger partial charge in [-0.25, -0.2) is 9.97 Å². The van der Waals surface area contributed by atoms with E-state index in [9.17, 15) is 0 Å². The fraction of sp³-hybridized carbons (Fsp3) is 0.304. The second-order valence-electron chi connectivity index (χ2n) is 7.32. The van der Waals surface area contributed by atoms with E-state index in [0.717, 1.165) is 55.0 Å². The summed E-state index contributed by atoms with van der Waals surface area (Å²) in [5.74, 6) is 2.26. The van der Waals surface area contributed by atoms with E-state index in [2.05, 4.69) is 75.7 Å². The molecule has 2 aromatic carbocycles. The number of aromatic nitrogens is 2. The smallest absolute Gasteiger partial charge is 0.136 e. The molecule has 6 nitrogen and oxygen atoms in total. The van der Waals surface area contributed by atoms with Crippen molar-refractivity contribution in [3.63, 3.8) is 0 Å². The zero-order valence-electron chi connectivity index (χ0n) is 17.2. The third-order valence-electron chi connectivity index (χ3n) is 5.09. The maximum atomic E-state index is 5.50. The predicted octanol–water partition coefficient (Wildman–Crippen LogP) is 4.73. The van der Waals surface area contributed by atoms with Crippen LogP contribution >= 0.6 is 0 Å². The lowest BCUT2D eigenvalue weighted by atomic mass is 10.1. The number of ether oxygens (including phenoxy) is 1. The van der Waals surface area contributed by atoms with Gasteiger partial charge in [0.1, 0.15) is 17.5 Å². The van der Waals surface area contributed by atoms with Crippen LogP contribution in [-0.4, -0.2) is 36.3 Å². The van der Waals surface area contributed by atoms with Gasteiger partial charge in [-0.05, 0) is 44.0 Å². The number of nitrogens with zero attached hydrogens (tertiary/aromatic N) is 3. The minimum absolute atomic E-state index is 0.715. The second-order valence-corrected chi connectivity index (χ2v) is 7.32. The van der Waals surface area contributed by atoms with Crippen molar-refractivity contribution in [2.45, 2.75) is 20.8 Å². The molecule has 0 amide bonds. The summed E-state index contributed by atoms with van der Waals surface area (Å²) >= 11 is 0. The quantitative estimate of drug-likeness (QED) is 0.658. The minimum Gasteiger partial charge on any atom is -0.378 e. The van der Waals surface area contributed by atoms with E-state index in [4.69, 9.17) is 4.74 Å². The molecule has 0 aliphatic carbocycles. The third kappa shape index (κ3) is 4.49. The molecule has 0 spiro atoms. The van der Waals surface area contributed by atoms with Crippen molar-refractivity contribution >= 4 is 28.7 Å². The monoisotopic (exact) mass is 389 g/mol. The van der Waals surface area contributed by atoms with Gasteiger partial charge >= 0.3 is 0 Å².